The zero-order valence-electron chi connectivity index (χ0n) is 10.7. The molecule has 0 amide bonds. The third kappa shape index (κ3) is 4.02. The van der Waals surface area contributed by atoms with Crippen molar-refractivity contribution in [2.75, 3.05) is 12.3 Å². The van der Waals surface area contributed by atoms with Crippen LogP contribution in [0.3, 0.4) is 0 Å². The highest BCUT2D eigenvalue weighted by atomic mass is 127. The molecule has 0 saturated carbocycles. The van der Waals surface area contributed by atoms with Gasteiger partial charge in [-0.25, -0.2) is 0 Å². The summed E-state index contributed by atoms with van der Waals surface area (Å²) in [6, 6.07) is 13.3. The van der Waals surface area contributed by atoms with Crippen LogP contribution in [0, 0.1) is 3.57 Å². The predicted molar refractivity (Wildman–Crippen MR) is 85.9 cm³/mol. The Morgan fingerprint density at radius 1 is 1.11 bits per heavy atom. The third-order valence-electron chi connectivity index (χ3n) is 2.44. The van der Waals surface area contributed by atoms with Gasteiger partial charge in [-0.15, -0.1) is 0 Å². The molecule has 2 aromatic rings. The number of para-hydroxylation sites is 1. The molecule has 3 nitrogen and oxygen atoms in total. The molecule has 100 valence electrons. The standard InChI is InChI=1S/C15H16INO2/c1-2-7-18-12-8-11(17)9-13(10-12)19-15-6-4-3-5-14(15)16/h3-6,8-10H,2,7,17H2,1H3. The minimum atomic E-state index is 0.634. The fraction of sp³-hybridized carbons (Fsp3) is 0.200. The Kier molecular flexibility index (Phi) is 4.90. The number of hydrogen-bond donors (Lipinski definition) is 1. The molecular weight excluding hydrogens is 353 g/mol. The van der Waals surface area contributed by atoms with Crippen molar-refractivity contribution in [1.82, 2.24) is 0 Å². The van der Waals surface area contributed by atoms with Gasteiger partial charge < -0.3 is 15.2 Å². The van der Waals surface area contributed by atoms with Crippen molar-refractivity contribution < 1.29 is 9.47 Å². The number of halogens is 1. The van der Waals surface area contributed by atoms with Crippen LogP contribution in [0.4, 0.5) is 5.69 Å². The van der Waals surface area contributed by atoms with E-state index in [0.29, 0.717) is 18.0 Å². The van der Waals surface area contributed by atoms with Crippen molar-refractivity contribution in [2.24, 2.45) is 0 Å². The lowest BCUT2D eigenvalue weighted by atomic mass is 10.3. The Morgan fingerprint density at radius 3 is 2.58 bits per heavy atom. The molecule has 19 heavy (non-hydrogen) atoms. The van der Waals surface area contributed by atoms with E-state index in [1.807, 2.05) is 30.3 Å². The second-order valence-corrected chi connectivity index (χ2v) is 5.28. The maximum Gasteiger partial charge on any atom is 0.140 e. The number of benzene rings is 2. The van der Waals surface area contributed by atoms with Crippen molar-refractivity contribution >= 4 is 28.3 Å². The lowest BCUT2D eigenvalue weighted by Crippen LogP contribution is -1.97. The minimum absolute atomic E-state index is 0.634. The van der Waals surface area contributed by atoms with E-state index < -0.39 is 0 Å². The molecule has 2 rings (SSSR count). The number of hydrogen-bond acceptors (Lipinski definition) is 3. The lowest BCUT2D eigenvalue weighted by Gasteiger charge is -2.11. The Hall–Kier alpha value is -1.43. The molecule has 2 aromatic carbocycles. The molecule has 0 aliphatic rings. The first kappa shape index (κ1) is 14.0. The fourth-order valence-electron chi connectivity index (χ4n) is 1.61. The molecule has 0 unspecified atom stereocenters. The van der Waals surface area contributed by atoms with Crippen LogP contribution in [0.2, 0.25) is 0 Å². The second kappa shape index (κ2) is 6.65. The molecule has 0 heterocycles. The third-order valence-corrected chi connectivity index (χ3v) is 3.33. The highest BCUT2D eigenvalue weighted by molar-refractivity contribution is 14.1. The van der Waals surface area contributed by atoms with Gasteiger partial charge in [-0.3, -0.25) is 0 Å². The molecule has 0 saturated heterocycles. The van der Waals surface area contributed by atoms with Crippen LogP contribution in [0.15, 0.2) is 42.5 Å². The summed E-state index contributed by atoms with van der Waals surface area (Å²) >= 11 is 2.24. The number of rotatable bonds is 5. The maximum atomic E-state index is 5.86. The highest BCUT2D eigenvalue weighted by Crippen LogP contribution is 2.30. The first-order chi connectivity index (χ1) is 9.19. The van der Waals surface area contributed by atoms with Gasteiger partial charge in [0, 0.05) is 23.9 Å². The van der Waals surface area contributed by atoms with Gasteiger partial charge in [0.2, 0.25) is 0 Å². The van der Waals surface area contributed by atoms with Gasteiger partial charge >= 0.3 is 0 Å². The first-order valence-corrected chi connectivity index (χ1v) is 7.22. The summed E-state index contributed by atoms with van der Waals surface area (Å²) in [6.07, 6.45) is 0.960. The summed E-state index contributed by atoms with van der Waals surface area (Å²) < 4.78 is 12.5. The van der Waals surface area contributed by atoms with Crippen molar-refractivity contribution in [3.05, 3.63) is 46.0 Å². The average molecular weight is 369 g/mol. The van der Waals surface area contributed by atoms with Crippen LogP contribution in [0.1, 0.15) is 13.3 Å². The molecule has 0 aromatic heterocycles. The van der Waals surface area contributed by atoms with Gasteiger partial charge in [0.25, 0.3) is 0 Å². The number of nitrogen functional groups attached to an aromatic ring is 1. The first-order valence-electron chi connectivity index (χ1n) is 6.15. The fourth-order valence-corrected chi connectivity index (χ4v) is 2.11. The normalized spacial score (nSPS) is 10.2. The summed E-state index contributed by atoms with van der Waals surface area (Å²) in [6.45, 7) is 2.74. The molecule has 0 radical (unpaired) electrons. The molecule has 0 aliphatic carbocycles. The van der Waals surface area contributed by atoms with E-state index in [1.54, 1.807) is 12.1 Å². The van der Waals surface area contributed by atoms with Crippen LogP contribution in [-0.2, 0) is 0 Å². The molecule has 0 aliphatic heterocycles. The quantitative estimate of drug-likeness (QED) is 0.626. The van der Waals surface area contributed by atoms with E-state index in [-0.39, 0.29) is 0 Å². The van der Waals surface area contributed by atoms with Gasteiger partial charge in [0.15, 0.2) is 0 Å². The smallest absolute Gasteiger partial charge is 0.140 e. The number of anilines is 1. The summed E-state index contributed by atoms with van der Waals surface area (Å²) in [5.41, 5.74) is 6.49. The summed E-state index contributed by atoms with van der Waals surface area (Å²) in [7, 11) is 0. The zero-order chi connectivity index (χ0) is 13.7. The number of nitrogens with two attached hydrogens (primary N) is 1. The largest absolute Gasteiger partial charge is 0.493 e. The van der Waals surface area contributed by atoms with E-state index in [2.05, 4.69) is 29.5 Å². The van der Waals surface area contributed by atoms with Gasteiger partial charge in [0.1, 0.15) is 17.2 Å². The van der Waals surface area contributed by atoms with Crippen LogP contribution in [0.25, 0.3) is 0 Å². The van der Waals surface area contributed by atoms with Gasteiger partial charge in [0.05, 0.1) is 10.2 Å². The Balaban J connectivity index is 2.20. The Labute approximate surface area is 126 Å². The average Bonchev–Trinajstić information content (AvgIpc) is 2.38. The summed E-state index contributed by atoms with van der Waals surface area (Å²) in [4.78, 5) is 0. The second-order valence-electron chi connectivity index (χ2n) is 4.12. The van der Waals surface area contributed by atoms with Crippen molar-refractivity contribution in [3.8, 4) is 17.2 Å². The molecule has 4 heteroatoms. The van der Waals surface area contributed by atoms with Crippen LogP contribution >= 0.6 is 22.6 Å². The Bertz CT molecular complexity index is 558. The van der Waals surface area contributed by atoms with E-state index in [0.717, 1.165) is 21.5 Å². The van der Waals surface area contributed by atoms with Crippen molar-refractivity contribution in [1.29, 1.82) is 0 Å². The van der Waals surface area contributed by atoms with Crippen molar-refractivity contribution in [3.63, 3.8) is 0 Å². The van der Waals surface area contributed by atoms with Crippen LogP contribution in [0.5, 0.6) is 17.2 Å². The molecule has 0 atom stereocenters. The minimum Gasteiger partial charge on any atom is -0.493 e. The molecule has 2 N–H and O–H groups in total. The van der Waals surface area contributed by atoms with Gasteiger partial charge in [-0.1, -0.05) is 19.1 Å². The van der Waals surface area contributed by atoms with Gasteiger partial charge in [-0.05, 0) is 41.1 Å². The lowest BCUT2D eigenvalue weighted by molar-refractivity contribution is 0.316. The van der Waals surface area contributed by atoms with E-state index in [9.17, 15) is 0 Å². The van der Waals surface area contributed by atoms with Gasteiger partial charge in [-0.2, -0.15) is 0 Å². The van der Waals surface area contributed by atoms with Crippen LogP contribution in [-0.4, -0.2) is 6.61 Å². The van der Waals surface area contributed by atoms with E-state index in [4.69, 9.17) is 15.2 Å². The maximum absolute atomic E-state index is 5.86. The topological polar surface area (TPSA) is 44.5 Å². The molecular formula is C15H16INO2. The summed E-state index contributed by atoms with van der Waals surface area (Å²) in [5, 5.41) is 0. The van der Waals surface area contributed by atoms with E-state index in [1.165, 1.54) is 0 Å². The monoisotopic (exact) mass is 369 g/mol. The Morgan fingerprint density at radius 2 is 1.84 bits per heavy atom. The molecule has 0 fully saturated rings. The predicted octanol–water partition coefficient (Wildman–Crippen LogP) is 4.45. The number of ether oxygens (including phenoxy) is 2. The van der Waals surface area contributed by atoms with E-state index >= 15 is 0 Å². The zero-order valence-corrected chi connectivity index (χ0v) is 12.9. The molecule has 0 spiro atoms. The van der Waals surface area contributed by atoms with Crippen molar-refractivity contribution in [2.45, 2.75) is 13.3 Å². The SMILES string of the molecule is CCCOc1cc(N)cc(Oc2ccccc2I)c1. The summed E-state index contributed by atoms with van der Waals surface area (Å²) in [5.74, 6) is 2.24. The van der Waals surface area contributed by atoms with Crippen LogP contribution < -0.4 is 15.2 Å². The molecule has 0 bridgehead atoms. The highest BCUT2D eigenvalue weighted by Gasteiger charge is 2.05.